The summed E-state index contributed by atoms with van der Waals surface area (Å²) < 4.78 is 35.1. The lowest BCUT2D eigenvalue weighted by atomic mass is 10.1. The van der Waals surface area contributed by atoms with E-state index in [0.29, 0.717) is 13.0 Å². The first-order valence-electron chi connectivity index (χ1n) is 3.63. The van der Waals surface area contributed by atoms with Gasteiger partial charge in [0.2, 0.25) is 0 Å². The van der Waals surface area contributed by atoms with Gasteiger partial charge in [-0.25, -0.2) is 5.32 Å². The minimum absolute atomic E-state index is 0.416. The predicted molar refractivity (Wildman–Crippen MR) is 35.1 cm³/mol. The van der Waals surface area contributed by atoms with Gasteiger partial charge in [0.05, 0.1) is 0 Å². The Morgan fingerprint density at radius 1 is 1.36 bits per heavy atom. The van der Waals surface area contributed by atoms with Gasteiger partial charge in [0.1, 0.15) is 0 Å². The average molecular weight is 168 g/mol. The monoisotopic (exact) mass is 168 g/mol. The lowest BCUT2D eigenvalue weighted by Gasteiger charge is -2.24. The van der Waals surface area contributed by atoms with Crippen molar-refractivity contribution in [2.45, 2.75) is 25.2 Å². The third kappa shape index (κ3) is 3.57. The van der Waals surface area contributed by atoms with E-state index >= 15 is 0 Å². The SMILES string of the molecule is FC(F)(F)NC1CCCNC1. The molecule has 0 radical (unpaired) electrons. The molecular weight excluding hydrogens is 157 g/mol. The zero-order valence-corrected chi connectivity index (χ0v) is 6.04. The summed E-state index contributed by atoms with van der Waals surface area (Å²) in [6.45, 7) is 1.25. The van der Waals surface area contributed by atoms with Crippen molar-refractivity contribution in [3.8, 4) is 0 Å². The molecule has 0 aromatic carbocycles. The maximum absolute atomic E-state index is 11.7. The molecule has 1 unspecified atom stereocenters. The van der Waals surface area contributed by atoms with E-state index in [0.717, 1.165) is 13.0 Å². The molecule has 2 nitrogen and oxygen atoms in total. The fourth-order valence-electron chi connectivity index (χ4n) is 1.21. The molecule has 1 atom stereocenters. The number of alkyl halides is 3. The van der Waals surface area contributed by atoms with E-state index in [2.05, 4.69) is 5.32 Å². The van der Waals surface area contributed by atoms with E-state index < -0.39 is 12.3 Å². The van der Waals surface area contributed by atoms with Crippen LogP contribution >= 0.6 is 0 Å². The zero-order chi connectivity index (χ0) is 8.32. The number of nitrogens with one attached hydrogen (secondary N) is 2. The van der Waals surface area contributed by atoms with Gasteiger partial charge in [-0.1, -0.05) is 0 Å². The summed E-state index contributed by atoms with van der Waals surface area (Å²) in [6.07, 6.45) is -2.82. The van der Waals surface area contributed by atoms with Gasteiger partial charge in [-0.3, -0.25) is 0 Å². The van der Waals surface area contributed by atoms with Crippen LogP contribution in [0.25, 0.3) is 0 Å². The summed E-state index contributed by atoms with van der Waals surface area (Å²) in [5.74, 6) is 0. The Balaban J connectivity index is 2.24. The fourth-order valence-corrected chi connectivity index (χ4v) is 1.21. The molecule has 0 amide bonds. The van der Waals surface area contributed by atoms with Gasteiger partial charge in [-0.2, -0.15) is 13.2 Å². The second-order valence-corrected chi connectivity index (χ2v) is 2.69. The summed E-state index contributed by atoms with van der Waals surface area (Å²) in [6, 6.07) is -0.441. The third-order valence-electron chi connectivity index (χ3n) is 1.66. The molecule has 1 heterocycles. The fraction of sp³-hybridized carbons (Fsp3) is 1.00. The Kier molecular flexibility index (Phi) is 2.72. The van der Waals surface area contributed by atoms with Gasteiger partial charge in [0, 0.05) is 12.6 Å². The summed E-state index contributed by atoms with van der Waals surface area (Å²) in [5, 5.41) is 4.49. The molecule has 1 fully saturated rings. The number of hydrogen-bond acceptors (Lipinski definition) is 2. The number of hydrogen-bond donors (Lipinski definition) is 2. The van der Waals surface area contributed by atoms with Crippen LogP contribution in [0.15, 0.2) is 0 Å². The predicted octanol–water partition coefficient (Wildman–Crippen LogP) is 0.848. The highest BCUT2D eigenvalue weighted by molar-refractivity contribution is 4.75. The second-order valence-electron chi connectivity index (χ2n) is 2.69. The number of halogens is 3. The molecule has 66 valence electrons. The van der Waals surface area contributed by atoms with Crippen LogP contribution in [0.4, 0.5) is 13.2 Å². The molecule has 1 saturated heterocycles. The van der Waals surface area contributed by atoms with E-state index in [9.17, 15) is 13.2 Å². The Labute approximate surface area is 63.2 Å². The van der Waals surface area contributed by atoms with Gasteiger partial charge < -0.3 is 5.32 Å². The zero-order valence-electron chi connectivity index (χ0n) is 6.04. The van der Waals surface area contributed by atoms with Crippen LogP contribution in [-0.2, 0) is 0 Å². The van der Waals surface area contributed by atoms with Crippen molar-refractivity contribution in [3.63, 3.8) is 0 Å². The summed E-state index contributed by atoms with van der Waals surface area (Å²) in [4.78, 5) is 0. The lowest BCUT2D eigenvalue weighted by Crippen LogP contribution is -2.48. The highest BCUT2D eigenvalue weighted by Crippen LogP contribution is 2.13. The molecule has 0 spiro atoms. The van der Waals surface area contributed by atoms with Crippen LogP contribution < -0.4 is 10.6 Å². The van der Waals surface area contributed by atoms with Crippen molar-refractivity contribution in [1.82, 2.24) is 10.6 Å². The largest absolute Gasteiger partial charge is 0.457 e. The van der Waals surface area contributed by atoms with Crippen molar-refractivity contribution in [2.24, 2.45) is 0 Å². The number of piperidine rings is 1. The van der Waals surface area contributed by atoms with Gasteiger partial charge in [-0.05, 0) is 19.4 Å². The average Bonchev–Trinajstić information content (AvgIpc) is 1.85. The second kappa shape index (κ2) is 3.40. The molecule has 1 aliphatic rings. The smallest absolute Gasteiger partial charge is 0.315 e. The first kappa shape index (κ1) is 8.80. The summed E-state index contributed by atoms with van der Waals surface area (Å²) in [7, 11) is 0. The van der Waals surface area contributed by atoms with Crippen LogP contribution in [0.1, 0.15) is 12.8 Å². The maximum Gasteiger partial charge on any atom is 0.457 e. The Hall–Kier alpha value is -0.290. The van der Waals surface area contributed by atoms with E-state index in [1.807, 2.05) is 0 Å². The van der Waals surface area contributed by atoms with Crippen molar-refractivity contribution in [2.75, 3.05) is 13.1 Å². The molecule has 5 heteroatoms. The van der Waals surface area contributed by atoms with Crippen LogP contribution in [0.3, 0.4) is 0 Å². The minimum Gasteiger partial charge on any atom is -0.315 e. The van der Waals surface area contributed by atoms with E-state index in [1.165, 1.54) is 0 Å². The molecule has 0 aliphatic carbocycles. The standard InChI is InChI=1S/C6H11F3N2/c7-6(8,9)11-5-2-1-3-10-4-5/h5,10-11H,1-4H2. The van der Waals surface area contributed by atoms with E-state index in [1.54, 1.807) is 5.32 Å². The van der Waals surface area contributed by atoms with Crippen LogP contribution in [0.5, 0.6) is 0 Å². The van der Waals surface area contributed by atoms with E-state index in [4.69, 9.17) is 0 Å². The van der Waals surface area contributed by atoms with E-state index in [-0.39, 0.29) is 0 Å². The quantitative estimate of drug-likeness (QED) is 0.567. The first-order chi connectivity index (χ1) is 5.08. The van der Waals surface area contributed by atoms with Crippen LogP contribution in [0.2, 0.25) is 0 Å². The highest BCUT2D eigenvalue weighted by Gasteiger charge is 2.31. The Morgan fingerprint density at radius 3 is 2.55 bits per heavy atom. The molecular formula is C6H11F3N2. The lowest BCUT2D eigenvalue weighted by molar-refractivity contribution is -0.165. The molecule has 0 aromatic rings. The molecule has 1 aliphatic heterocycles. The topological polar surface area (TPSA) is 24.1 Å². The minimum atomic E-state index is -4.23. The first-order valence-corrected chi connectivity index (χ1v) is 3.63. The normalized spacial score (nSPS) is 27.0. The van der Waals surface area contributed by atoms with Gasteiger partial charge in [-0.15, -0.1) is 0 Å². The van der Waals surface area contributed by atoms with Crippen LogP contribution in [0, 0.1) is 0 Å². The third-order valence-corrected chi connectivity index (χ3v) is 1.66. The summed E-state index contributed by atoms with van der Waals surface area (Å²) >= 11 is 0. The van der Waals surface area contributed by atoms with Crippen LogP contribution in [-0.4, -0.2) is 25.4 Å². The van der Waals surface area contributed by atoms with Crippen molar-refractivity contribution >= 4 is 0 Å². The molecule has 0 aromatic heterocycles. The van der Waals surface area contributed by atoms with Crippen molar-refractivity contribution in [1.29, 1.82) is 0 Å². The summed E-state index contributed by atoms with van der Waals surface area (Å²) in [5.41, 5.74) is 0. The molecule has 0 saturated carbocycles. The Bertz CT molecular complexity index is 117. The molecule has 1 rings (SSSR count). The highest BCUT2D eigenvalue weighted by atomic mass is 19.4. The van der Waals surface area contributed by atoms with Gasteiger partial charge >= 0.3 is 6.30 Å². The van der Waals surface area contributed by atoms with Crippen molar-refractivity contribution in [3.05, 3.63) is 0 Å². The maximum atomic E-state index is 11.7. The van der Waals surface area contributed by atoms with Crippen molar-refractivity contribution < 1.29 is 13.2 Å². The molecule has 2 N–H and O–H groups in total. The van der Waals surface area contributed by atoms with Gasteiger partial charge in [0.15, 0.2) is 0 Å². The molecule has 0 bridgehead atoms. The Morgan fingerprint density at radius 2 is 2.09 bits per heavy atom. The molecule has 11 heavy (non-hydrogen) atoms. The number of rotatable bonds is 1. The van der Waals surface area contributed by atoms with Gasteiger partial charge in [0.25, 0.3) is 0 Å².